The van der Waals surface area contributed by atoms with Crippen molar-refractivity contribution in [3.05, 3.63) is 0 Å². The molecule has 14 heavy (non-hydrogen) atoms. The molecular formula is C10H22N2O2. The monoisotopic (exact) mass is 202 g/mol. The highest BCUT2D eigenvalue weighted by Crippen LogP contribution is 2.16. The summed E-state index contributed by atoms with van der Waals surface area (Å²) in [6, 6.07) is 0. The molecule has 1 aliphatic rings. The summed E-state index contributed by atoms with van der Waals surface area (Å²) in [7, 11) is 1.62. The summed E-state index contributed by atoms with van der Waals surface area (Å²) in [6.45, 7) is 8.48. The molecule has 1 unspecified atom stereocenters. The van der Waals surface area contributed by atoms with Gasteiger partial charge in [-0.3, -0.25) is 4.90 Å². The van der Waals surface area contributed by atoms with Gasteiger partial charge in [-0.1, -0.05) is 0 Å². The summed E-state index contributed by atoms with van der Waals surface area (Å²) < 4.78 is 4.92. The number of methoxy groups -OCH3 is 1. The van der Waals surface area contributed by atoms with E-state index in [9.17, 15) is 5.11 Å². The molecule has 84 valence electrons. The smallest absolute Gasteiger partial charge is 0.0900 e. The van der Waals surface area contributed by atoms with Crippen LogP contribution in [0.3, 0.4) is 0 Å². The first kappa shape index (κ1) is 11.9. The van der Waals surface area contributed by atoms with Gasteiger partial charge in [-0.15, -0.1) is 0 Å². The summed E-state index contributed by atoms with van der Waals surface area (Å²) in [5, 5.41) is 13.0. The average Bonchev–Trinajstić information content (AvgIpc) is 2.09. The molecule has 1 aliphatic heterocycles. The van der Waals surface area contributed by atoms with Crippen LogP contribution in [0, 0.1) is 0 Å². The number of nitrogens with zero attached hydrogens (tertiary/aromatic N) is 1. The molecule has 0 saturated carbocycles. The van der Waals surface area contributed by atoms with Crippen molar-refractivity contribution in [3.8, 4) is 0 Å². The predicted molar refractivity (Wildman–Crippen MR) is 56.4 cm³/mol. The van der Waals surface area contributed by atoms with Crippen LogP contribution in [0.25, 0.3) is 0 Å². The maximum absolute atomic E-state index is 9.65. The van der Waals surface area contributed by atoms with E-state index in [1.54, 1.807) is 7.11 Å². The van der Waals surface area contributed by atoms with Crippen LogP contribution < -0.4 is 5.32 Å². The second-order valence-corrected chi connectivity index (χ2v) is 4.54. The van der Waals surface area contributed by atoms with Crippen LogP contribution in [0.5, 0.6) is 0 Å². The molecular weight excluding hydrogens is 180 g/mol. The van der Waals surface area contributed by atoms with Gasteiger partial charge < -0.3 is 15.2 Å². The van der Waals surface area contributed by atoms with Gasteiger partial charge in [0.1, 0.15) is 0 Å². The fourth-order valence-electron chi connectivity index (χ4n) is 1.86. The lowest BCUT2D eigenvalue weighted by molar-refractivity contribution is 0.000126. The summed E-state index contributed by atoms with van der Waals surface area (Å²) in [5.41, 5.74) is 0.132. The van der Waals surface area contributed by atoms with Crippen molar-refractivity contribution in [2.75, 3.05) is 39.9 Å². The highest BCUT2D eigenvalue weighted by Gasteiger charge is 2.30. The van der Waals surface area contributed by atoms with Crippen LogP contribution in [-0.2, 0) is 4.74 Å². The zero-order valence-corrected chi connectivity index (χ0v) is 9.42. The Balaban J connectivity index is 2.41. The van der Waals surface area contributed by atoms with Gasteiger partial charge in [0, 0.05) is 38.8 Å². The van der Waals surface area contributed by atoms with Crippen molar-refractivity contribution >= 4 is 0 Å². The van der Waals surface area contributed by atoms with Crippen molar-refractivity contribution in [1.82, 2.24) is 10.2 Å². The quantitative estimate of drug-likeness (QED) is 0.656. The Morgan fingerprint density at radius 1 is 1.57 bits per heavy atom. The molecule has 0 amide bonds. The first-order valence-corrected chi connectivity index (χ1v) is 5.19. The fourth-order valence-corrected chi connectivity index (χ4v) is 1.86. The van der Waals surface area contributed by atoms with E-state index in [0.29, 0.717) is 13.2 Å². The average molecular weight is 202 g/mol. The Kier molecular flexibility index (Phi) is 4.31. The number of rotatable bonds is 4. The molecule has 1 saturated heterocycles. The number of piperazine rings is 1. The Hall–Kier alpha value is -0.160. The molecule has 4 nitrogen and oxygen atoms in total. The van der Waals surface area contributed by atoms with Crippen LogP contribution in [0.15, 0.2) is 0 Å². The normalized spacial score (nSPS) is 24.9. The van der Waals surface area contributed by atoms with E-state index >= 15 is 0 Å². The van der Waals surface area contributed by atoms with E-state index in [-0.39, 0.29) is 11.6 Å². The maximum atomic E-state index is 9.65. The van der Waals surface area contributed by atoms with Crippen LogP contribution in [0.1, 0.15) is 13.8 Å². The molecule has 2 N–H and O–H groups in total. The fraction of sp³-hybridized carbons (Fsp3) is 1.00. The van der Waals surface area contributed by atoms with Gasteiger partial charge in [0.05, 0.1) is 12.7 Å². The molecule has 4 heteroatoms. The lowest BCUT2D eigenvalue weighted by atomic mass is 10.00. The van der Waals surface area contributed by atoms with Gasteiger partial charge in [0.2, 0.25) is 0 Å². The summed E-state index contributed by atoms with van der Waals surface area (Å²) >= 11 is 0. The maximum Gasteiger partial charge on any atom is 0.0900 e. The predicted octanol–water partition coefficient (Wildman–Crippen LogP) is -0.322. The molecule has 1 atom stereocenters. The lowest BCUT2D eigenvalue weighted by Crippen LogP contribution is -2.59. The van der Waals surface area contributed by atoms with Gasteiger partial charge >= 0.3 is 0 Å². The minimum atomic E-state index is -0.377. The van der Waals surface area contributed by atoms with E-state index in [1.807, 2.05) is 0 Å². The number of ether oxygens (including phenoxy) is 1. The van der Waals surface area contributed by atoms with Gasteiger partial charge in [-0.05, 0) is 13.8 Å². The van der Waals surface area contributed by atoms with Crippen molar-refractivity contribution in [3.63, 3.8) is 0 Å². The highest BCUT2D eigenvalue weighted by molar-refractivity contribution is 4.89. The molecule has 0 aliphatic carbocycles. The number of nitrogens with one attached hydrogen (secondary N) is 1. The summed E-state index contributed by atoms with van der Waals surface area (Å²) in [4.78, 5) is 2.31. The zero-order chi connectivity index (χ0) is 10.6. The van der Waals surface area contributed by atoms with E-state index in [4.69, 9.17) is 4.74 Å². The second kappa shape index (κ2) is 5.07. The van der Waals surface area contributed by atoms with E-state index in [1.165, 1.54) is 0 Å². The number of hydrogen-bond donors (Lipinski definition) is 2. The number of hydrogen-bond acceptors (Lipinski definition) is 4. The Morgan fingerprint density at radius 2 is 2.29 bits per heavy atom. The SMILES string of the molecule is COCC(O)CN1CCNCC1(C)C. The molecule has 1 fully saturated rings. The number of aliphatic hydroxyl groups excluding tert-OH is 1. The number of β-amino-alcohol motifs (C(OH)–C–C–N with tert-alkyl or cyclic N) is 1. The molecule has 1 rings (SSSR count). The molecule has 0 bridgehead atoms. The summed E-state index contributed by atoms with van der Waals surface area (Å²) in [6.07, 6.45) is -0.377. The van der Waals surface area contributed by atoms with E-state index in [2.05, 4.69) is 24.1 Å². The van der Waals surface area contributed by atoms with Crippen molar-refractivity contribution < 1.29 is 9.84 Å². The standard InChI is InChI=1S/C10H22N2O2/c1-10(2)8-11-4-5-12(10)6-9(13)7-14-3/h9,11,13H,4-8H2,1-3H3. The third-order valence-corrected chi connectivity index (χ3v) is 2.76. The third-order valence-electron chi connectivity index (χ3n) is 2.76. The molecule has 1 heterocycles. The molecule has 0 aromatic carbocycles. The lowest BCUT2D eigenvalue weighted by Gasteiger charge is -2.43. The van der Waals surface area contributed by atoms with E-state index < -0.39 is 0 Å². The van der Waals surface area contributed by atoms with Gasteiger partial charge in [0.15, 0.2) is 0 Å². The zero-order valence-electron chi connectivity index (χ0n) is 9.42. The molecule has 0 aromatic rings. The van der Waals surface area contributed by atoms with Crippen molar-refractivity contribution in [2.45, 2.75) is 25.5 Å². The largest absolute Gasteiger partial charge is 0.389 e. The highest BCUT2D eigenvalue weighted by atomic mass is 16.5. The van der Waals surface area contributed by atoms with Gasteiger partial charge in [0.25, 0.3) is 0 Å². The van der Waals surface area contributed by atoms with Crippen LogP contribution in [-0.4, -0.2) is 61.5 Å². The first-order valence-electron chi connectivity index (χ1n) is 5.19. The van der Waals surface area contributed by atoms with E-state index in [0.717, 1.165) is 19.6 Å². The van der Waals surface area contributed by atoms with Crippen LogP contribution >= 0.6 is 0 Å². The Bertz CT molecular complexity index is 174. The topological polar surface area (TPSA) is 44.7 Å². The van der Waals surface area contributed by atoms with Gasteiger partial charge in [-0.25, -0.2) is 0 Å². The first-order chi connectivity index (χ1) is 6.56. The van der Waals surface area contributed by atoms with Crippen LogP contribution in [0.4, 0.5) is 0 Å². The van der Waals surface area contributed by atoms with Gasteiger partial charge in [-0.2, -0.15) is 0 Å². The number of aliphatic hydroxyl groups is 1. The molecule has 0 aromatic heterocycles. The minimum absolute atomic E-state index is 0.132. The molecule has 0 radical (unpaired) electrons. The Labute approximate surface area is 86.2 Å². The summed E-state index contributed by atoms with van der Waals surface area (Å²) in [5.74, 6) is 0. The molecule has 0 spiro atoms. The second-order valence-electron chi connectivity index (χ2n) is 4.54. The Morgan fingerprint density at radius 3 is 2.86 bits per heavy atom. The third kappa shape index (κ3) is 3.20. The minimum Gasteiger partial charge on any atom is -0.389 e. The van der Waals surface area contributed by atoms with Crippen LogP contribution in [0.2, 0.25) is 0 Å². The van der Waals surface area contributed by atoms with Crippen molar-refractivity contribution in [1.29, 1.82) is 0 Å². The van der Waals surface area contributed by atoms with Crippen molar-refractivity contribution in [2.24, 2.45) is 0 Å².